The van der Waals surface area contributed by atoms with Gasteiger partial charge in [-0.05, 0) is 94.5 Å². The Bertz CT molecular complexity index is 1000. The molecule has 0 amide bonds. The minimum Gasteiger partial charge on any atom is -0.508 e. The Labute approximate surface area is 236 Å². The maximum Gasteiger partial charge on any atom is 0.216 e. The monoisotopic (exact) mass is 574 g/mol. The summed E-state index contributed by atoms with van der Waals surface area (Å²) >= 11 is 0. The number of aryl methyl sites for hydroxylation is 2. The van der Waals surface area contributed by atoms with E-state index in [0.717, 1.165) is 55.7 Å². The van der Waals surface area contributed by atoms with Crippen molar-refractivity contribution in [1.29, 1.82) is 0 Å². The number of para-hydroxylation sites is 2. The molecule has 7 heteroatoms. The van der Waals surface area contributed by atoms with Gasteiger partial charge in [0.2, 0.25) is 8.32 Å². The Kier molecular flexibility index (Phi) is 11.9. The second-order valence-electron chi connectivity index (χ2n) is 12.8. The first-order valence-electron chi connectivity index (χ1n) is 14.6. The van der Waals surface area contributed by atoms with Crippen LogP contribution in [0.3, 0.4) is 0 Å². The van der Waals surface area contributed by atoms with Crippen LogP contribution in [0.4, 0.5) is 0 Å². The van der Waals surface area contributed by atoms with Crippen molar-refractivity contribution in [1.82, 2.24) is 0 Å². The van der Waals surface area contributed by atoms with Crippen LogP contribution in [0.5, 0.6) is 11.5 Å². The first-order chi connectivity index (χ1) is 17.7. The number of phenols is 2. The molecule has 0 fully saturated rings. The molecule has 0 bridgehead atoms. The first-order valence-corrected chi connectivity index (χ1v) is 23.9. The summed E-state index contributed by atoms with van der Waals surface area (Å²) in [7, 11) is -5.84. The number of phenolic OH excluding ortho intramolecular Hbond substituents is 2. The summed E-state index contributed by atoms with van der Waals surface area (Å²) in [6.45, 7) is 21.2. The quantitative estimate of drug-likeness (QED) is 0.197. The van der Waals surface area contributed by atoms with E-state index in [0.29, 0.717) is 11.5 Å². The average molecular weight is 575 g/mol. The molecule has 0 heterocycles. The van der Waals surface area contributed by atoms with Crippen molar-refractivity contribution in [2.45, 2.75) is 122 Å². The van der Waals surface area contributed by atoms with Crippen LogP contribution in [0.2, 0.25) is 51.4 Å². The SMILES string of the molecule is CCC(CC)(O[Si](C)(C)CCCc1ccccc1O)[Si](C)(C)OC(C)[Si](C)(C)CCCc1ccccc1O. The molecule has 1 atom stereocenters. The zero-order valence-corrected chi connectivity index (χ0v) is 28.6. The van der Waals surface area contributed by atoms with Crippen LogP contribution in [-0.4, -0.2) is 45.9 Å². The summed E-state index contributed by atoms with van der Waals surface area (Å²) in [5.41, 5.74) is 2.32. The van der Waals surface area contributed by atoms with Crippen LogP contribution in [-0.2, 0) is 21.7 Å². The van der Waals surface area contributed by atoms with E-state index in [1.54, 1.807) is 12.1 Å². The van der Waals surface area contributed by atoms with E-state index in [1.807, 2.05) is 36.4 Å². The molecule has 38 heavy (non-hydrogen) atoms. The molecule has 0 aliphatic heterocycles. The van der Waals surface area contributed by atoms with Crippen molar-refractivity contribution in [2.24, 2.45) is 0 Å². The van der Waals surface area contributed by atoms with Gasteiger partial charge < -0.3 is 19.1 Å². The third-order valence-electron chi connectivity index (χ3n) is 8.76. The Morgan fingerprint density at radius 2 is 1.18 bits per heavy atom. The van der Waals surface area contributed by atoms with Crippen molar-refractivity contribution >= 4 is 24.7 Å². The zero-order chi connectivity index (χ0) is 28.6. The van der Waals surface area contributed by atoms with Gasteiger partial charge in [-0.1, -0.05) is 75.8 Å². The van der Waals surface area contributed by atoms with E-state index in [-0.39, 0.29) is 11.0 Å². The zero-order valence-electron chi connectivity index (χ0n) is 25.6. The number of rotatable bonds is 16. The topological polar surface area (TPSA) is 58.9 Å². The summed E-state index contributed by atoms with van der Waals surface area (Å²) in [5.74, 6) is 0.803. The van der Waals surface area contributed by atoms with Gasteiger partial charge in [0, 0.05) is 5.73 Å². The van der Waals surface area contributed by atoms with Gasteiger partial charge in [-0.25, -0.2) is 0 Å². The molecule has 214 valence electrons. The van der Waals surface area contributed by atoms with Gasteiger partial charge in [-0.15, -0.1) is 0 Å². The molecule has 0 spiro atoms. The third-order valence-corrected chi connectivity index (χ3v) is 19.6. The molecule has 2 rings (SSSR count). The highest BCUT2D eigenvalue weighted by Crippen LogP contribution is 2.39. The number of benzene rings is 2. The van der Waals surface area contributed by atoms with Crippen LogP contribution >= 0.6 is 0 Å². The van der Waals surface area contributed by atoms with Crippen molar-refractivity contribution in [3.05, 3.63) is 59.7 Å². The smallest absolute Gasteiger partial charge is 0.216 e. The van der Waals surface area contributed by atoms with Gasteiger partial charge in [-0.3, -0.25) is 0 Å². The van der Waals surface area contributed by atoms with Gasteiger partial charge in [0.25, 0.3) is 0 Å². The van der Waals surface area contributed by atoms with E-state index >= 15 is 0 Å². The Hall–Kier alpha value is -1.39. The fourth-order valence-corrected chi connectivity index (χ4v) is 16.5. The number of hydrogen-bond acceptors (Lipinski definition) is 4. The molecule has 0 saturated carbocycles. The van der Waals surface area contributed by atoms with Crippen LogP contribution in [0.25, 0.3) is 0 Å². The van der Waals surface area contributed by atoms with Gasteiger partial charge in [0.15, 0.2) is 8.32 Å². The summed E-state index contributed by atoms with van der Waals surface area (Å²) in [4.78, 5) is 0. The summed E-state index contributed by atoms with van der Waals surface area (Å²) < 4.78 is 14.4. The molecule has 2 aromatic carbocycles. The highest BCUT2D eigenvalue weighted by molar-refractivity contribution is 6.81. The van der Waals surface area contributed by atoms with Crippen LogP contribution in [0.15, 0.2) is 48.5 Å². The molecule has 0 aliphatic carbocycles. The lowest BCUT2D eigenvalue weighted by atomic mass is 10.1. The normalized spacial score (nSPS) is 14.0. The minimum atomic E-state index is -2.22. The lowest BCUT2D eigenvalue weighted by Gasteiger charge is -2.50. The van der Waals surface area contributed by atoms with Gasteiger partial charge in [0.05, 0.1) is 13.3 Å². The average Bonchev–Trinajstić information content (AvgIpc) is 2.84. The third kappa shape index (κ3) is 8.81. The van der Waals surface area contributed by atoms with E-state index in [4.69, 9.17) is 8.85 Å². The van der Waals surface area contributed by atoms with E-state index in [2.05, 4.69) is 60.1 Å². The highest BCUT2D eigenvalue weighted by atomic mass is 28.4. The minimum absolute atomic E-state index is 0.202. The lowest BCUT2D eigenvalue weighted by molar-refractivity contribution is 0.0889. The lowest BCUT2D eigenvalue weighted by Crippen LogP contribution is -2.64. The number of hydrogen-bond donors (Lipinski definition) is 2. The largest absolute Gasteiger partial charge is 0.508 e. The van der Waals surface area contributed by atoms with Gasteiger partial charge in [-0.2, -0.15) is 0 Å². The number of aromatic hydroxyl groups is 2. The molecular formula is C31H54O4Si3. The fraction of sp³-hybridized carbons (Fsp3) is 0.613. The second kappa shape index (κ2) is 13.8. The highest BCUT2D eigenvalue weighted by Gasteiger charge is 2.51. The molecule has 0 radical (unpaired) electrons. The van der Waals surface area contributed by atoms with Crippen molar-refractivity contribution < 1.29 is 19.1 Å². The van der Waals surface area contributed by atoms with E-state index in [1.165, 1.54) is 6.04 Å². The summed E-state index contributed by atoms with van der Waals surface area (Å²) in [6.07, 6.45) is 5.84. The second-order valence-corrected chi connectivity index (χ2v) is 26.5. The Morgan fingerprint density at radius 3 is 1.63 bits per heavy atom. The predicted octanol–water partition coefficient (Wildman–Crippen LogP) is 8.84. The maximum atomic E-state index is 10.1. The van der Waals surface area contributed by atoms with Crippen LogP contribution in [0.1, 0.15) is 57.6 Å². The van der Waals surface area contributed by atoms with Crippen LogP contribution in [0, 0.1) is 0 Å². The standard InChI is InChI=1S/C31H54O4Si3/c1-10-31(11-2,35-37(6,7)25-17-21-28-19-13-15-23-30(28)33)38(8,9)34-26(3)36(4,5)24-16-20-27-18-12-14-22-29(27)32/h12-15,18-19,22-23,26,32-33H,10-11,16-17,20-21,24-25H2,1-9H3. The summed E-state index contributed by atoms with van der Waals surface area (Å²) in [6, 6.07) is 17.6. The van der Waals surface area contributed by atoms with Crippen molar-refractivity contribution in [2.75, 3.05) is 0 Å². The van der Waals surface area contributed by atoms with Crippen molar-refractivity contribution in [3.63, 3.8) is 0 Å². The van der Waals surface area contributed by atoms with Crippen molar-refractivity contribution in [3.8, 4) is 11.5 Å². The predicted molar refractivity (Wildman–Crippen MR) is 170 cm³/mol. The fourth-order valence-electron chi connectivity index (χ4n) is 5.74. The van der Waals surface area contributed by atoms with Gasteiger partial charge >= 0.3 is 0 Å². The van der Waals surface area contributed by atoms with E-state index < -0.39 is 24.7 Å². The molecular weight excluding hydrogens is 521 g/mol. The Morgan fingerprint density at radius 1 is 0.737 bits per heavy atom. The first kappa shape index (κ1) is 32.8. The summed E-state index contributed by atoms with van der Waals surface area (Å²) in [5, 5.41) is 20.1. The molecule has 2 aromatic rings. The Balaban J connectivity index is 2.03. The molecule has 1 unspecified atom stereocenters. The molecule has 0 saturated heterocycles. The molecule has 0 aromatic heterocycles. The van der Waals surface area contributed by atoms with Crippen LogP contribution < -0.4 is 0 Å². The molecule has 0 aliphatic rings. The van der Waals surface area contributed by atoms with E-state index in [9.17, 15) is 10.2 Å². The molecule has 4 nitrogen and oxygen atoms in total. The maximum absolute atomic E-state index is 10.1. The van der Waals surface area contributed by atoms with Gasteiger partial charge in [0.1, 0.15) is 11.5 Å². The molecule has 2 N–H and O–H groups in total.